The minimum Gasteiger partial charge on any atom is -0.455 e. The fraction of sp³-hybridized carbons (Fsp3) is 0.250. The lowest BCUT2D eigenvalue weighted by molar-refractivity contribution is 0.463. The molecule has 0 radical (unpaired) electrons. The quantitative estimate of drug-likeness (QED) is 0.792. The maximum absolute atomic E-state index is 6.14. The largest absolute Gasteiger partial charge is 0.455 e. The first-order chi connectivity index (χ1) is 9.61. The summed E-state index contributed by atoms with van der Waals surface area (Å²) >= 11 is 12.1. The molecule has 0 spiro atoms. The molecule has 0 aliphatic rings. The van der Waals surface area contributed by atoms with Crippen molar-refractivity contribution in [2.45, 2.75) is 19.9 Å². The molecule has 1 N–H and O–H groups in total. The first-order valence-corrected chi connectivity index (χ1v) is 7.32. The fourth-order valence-corrected chi connectivity index (χ4v) is 2.34. The highest BCUT2D eigenvalue weighted by Gasteiger charge is 2.12. The van der Waals surface area contributed by atoms with Crippen LogP contribution in [0.2, 0.25) is 10.0 Å². The van der Waals surface area contributed by atoms with Crippen LogP contribution in [-0.4, -0.2) is 6.54 Å². The van der Waals surface area contributed by atoms with Crippen molar-refractivity contribution in [1.82, 2.24) is 5.32 Å². The Labute approximate surface area is 129 Å². The molecular weight excluding hydrogens is 293 g/mol. The monoisotopic (exact) mass is 309 g/mol. The number of nitrogens with one attached hydrogen (secondary N) is 1. The smallest absolute Gasteiger partial charge is 0.147 e. The molecule has 106 valence electrons. The van der Waals surface area contributed by atoms with Gasteiger partial charge in [0.1, 0.15) is 11.5 Å². The SMILES string of the molecule is CCNC(C)c1ccccc1Oc1cc(Cl)ccc1Cl. The van der Waals surface area contributed by atoms with Crippen molar-refractivity contribution in [2.75, 3.05) is 6.54 Å². The van der Waals surface area contributed by atoms with Crippen LogP contribution in [0.4, 0.5) is 0 Å². The molecule has 20 heavy (non-hydrogen) atoms. The molecule has 4 heteroatoms. The van der Waals surface area contributed by atoms with Crippen LogP contribution in [0, 0.1) is 0 Å². The van der Waals surface area contributed by atoms with Gasteiger partial charge in [0.15, 0.2) is 0 Å². The van der Waals surface area contributed by atoms with Crippen molar-refractivity contribution in [2.24, 2.45) is 0 Å². The zero-order chi connectivity index (χ0) is 14.5. The topological polar surface area (TPSA) is 21.3 Å². The molecule has 0 saturated heterocycles. The van der Waals surface area contributed by atoms with E-state index in [9.17, 15) is 0 Å². The summed E-state index contributed by atoms with van der Waals surface area (Å²) < 4.78 is 5.93. The molecule has 0 amide bonds. The van der Waals surface area contributed by atoms with E-state index in [1.807, 2.05) is 24.3 Å². The Kier molecular flexibility index (Phi) is 5.30. The van der Waals surface area contributed by atoms with E-state index < -0.39 is 0 Å². The molecule has 1 atom stereocenters. The summed E-state index contributed by atoms with van der Waals surface area (Å²) in [5, 5.41) is 4.52. The summed E-state index contributed by atoms with van der Waals surface area (Å²) in [6.45, 7) is 5.08. The van der Waals surface area contributed by atoms with Crippen molar-refractivity contribution < 1.29 is 4.74 Å². The molecule has 0 saturated carbocycles. The second kappa shape index (κ2) is 6.98. The molecule has 2 aromatic rings. The molecule has 0 aliphatic heterocycles. The highest BCUT2D eigenvalue weighted by Crippen LogP contribution is 2.35. The average Bonchev–Trinajstić information content (AvgIpc) is 2.44. The minimum atomic E-state index is 0.203. The normalized spacial score (nSPS) is 12.2. The third-order valence-electron chi connectivity index (χ3n) is 3.01. The lowest BCUT2D eigenvalue weighted by atomic mass is 10.1. The number of para-hydroxylation sites is 1. The molecule has 0 bridgehead atoms. The maximum Gasteiger partial charge on any atom is 0.147 e. The van der Waals surface area contributed by atoms with E-state index in [0.29, 0.717) is 15.8 Å². The third kappa shape index (κ3) is 3.66. The summed E-state index contributed by atoms with van der Waals surface area (Å²) in [4.78, 5) is 0. The lowest BCUT2D eigenvalue weighted by Crippen LogP contribution is -2.18. The molecular formula is C16H17Cl2NO. The molecule has 0 aromatic heterocycles. The van der Waals surface area contributed by atoms with Gasteiger partial charge in [-0.2, -0.15) is 0 Å². The van der Waals surface area contributed by atoms with Crippen LogP contribution < -0.4 is 10.1 Å². The summed E-state index contributed by atoms with van der Waals surface area (Å²) in [6, 6.07) is 13.3. The molecule has 0 fully saturated rings. The number of hydrogen-bond donors (Lipinski definition) is 1. The zero-order valence-corrected chi connectivity index (χ0v) is 13.0. The van der Waals surface area contributed by atoms with Crippen LogP contribution in [0.25, 0.3) is 0 Å². The predicted octanol–water partition coefficient (Wildman–Crippen LogP) is 5.46. The van der Waals surface area contributed by atoms with Gasteiger partial charge in [0, 0.05) is 22.7 Å². The Morgan fingerprint density at radius 3 is 2.60 bits per heavy atom. The molecule has 0 heterocycles. The van der Waals surface area contributed by atoms with Gasteiger partial charge in [-0.1, -0.05) is 48.3 Å². The molecule has 1 unspecified atom stereocenters. The van der Waals surface area contributed by atoms with Gasteiger partial charge in [0.25, 0.3) is 0 Å². The van der Waals surface area contributed by atoms with Crippen LogP contribution in [0.3, 0.4) is 0 Å². The number of halogens is 2. The van der Waals surface area contributed by atoms with Crippen LogP contribution in [0.15, 0.2) is 42.5 Å². The Morgan fingerprint density at radius 1 is 1.10 bits per heavy atom. The van der Waals surface area contributed by atoms with E-state index in [1.165, 1.54) is 0 Å². The first kappa shape index (κ1) is 15.2. The highest BCUT2D eigenvalue weighted by atomic mass is 35.5. The Bertz CT molecular complexity index is 586. The highest BCUT2D eigenvalue weighted by molar-refractivity contribution is 6.34. The molecule has 0 aliphatic carbocycles. The van der Waals surface area contributed by atoms with Crippen molar-refractivity contribution in [3.63, 3.8) is 0 Å². The van der Waals surface area contributed by atoms with Crippen molar-refractivity contribution in [1.29, 1.82) is 0 Å². The van der Waals surface area contributed by atoms with Gasteiger partial charge in [-0.25, -0.2) is 0 Å². The Hall–Kier alpha value is -1.22. The van der Waals surface area contributed by atoms with Crippen molar-refractivity contribution >= 4 is 23.2 Å². The van der Waals surface area contributed by atoms with Gasteiger partial charge in [-0.15, -0.1) is 0 Å². The Balaban J connectivity index is 2.31. The van der Waals surface area contributed by atoms with E-state index >= 15 is 0 Å². The van der Waals surface area contributed by atoms with Gasteiger partial charge in [-0.05, 0) is 31.7 Å². The van der Waals surface area contributed by atoms with Gasteiger partial charge in [0.2, 0.25) is 0 Å². The predicted molar refractivity (Wildman–Crippen MR) is 85.1 cm³/mol. The second-order valence-corrected chi connectivity index (χ2v) is 5.34. The van der Waals surface area contributed by atoms with Gasteiger partial charge >= 0.3 is 0 Å². The number of benzene rings is 2. The van der Waals surface area contributed by atoms with E-state index in [4.69, 9.17) is 27.9 Å². The molecule has 2 rings (SSSR count). The minimum absolute atomic E-state index is 0.203. The lowest BCUT2D eigenvalue weighted by Gasteiger charge is -2.18. The number of hydrogen-bond acceptors (Lipinski definition) is 2. The van der Waals surface area contributed by atoms with Crippen LogP contribution in [0.5, 0.6) is 11.5 Å². The maximum atomic E-state index is 6.14. The van der Waals surface area contributed by atoms with Crippen molar-refractivity contribution in [3.05, 3.63) is 58.1 Å². The third-order valence-corrected chi connectivity index (χ3v) is 3.56. The standard InChI is InChI=1S/C16H17Cl2NO/c1-3-19-11(2)13-6-4-5-7-15(13)20-16-10-12(17)8-9-14(16)18/h4-11,19H,3H2,1-2H3. The van der Waals surface area contributed by atoms with Gasteiger partial charge in [0.05, 0.1) is 5.02 Å². The van der Waals surface area contributed by atoms with E-state index in [2.05, 4.69) is 19.2 Å². The van der Waals surface area contributed by atoms with Gasteiger partial charge in [-0.3, -0.25) is 0 Å². The van der Waals surface area contributed by atoms with E-state index in [-0.39, 0.29) is 6.04 Å². The zero-order valence-electron chi connectivity index (χ0n) is 11.5. The summed E-state index contributed by atoms with van der Waals surface area (Å²) in [7, 11) is 0. The van der Waals surface area contributed by atoms with E-state index in [0.717, 1.165) is 17.9 Å². The van der Waals surface area contributed by atoms with E-state index in [1.54, 1.807) is 18.2 Å². The number of rotatable bonds is 5. The summed E-state index contributed by atoms with van der Waals surface area (Å²) in [6.07, 6.45) is 0. The number of ether oxygens (including phenoxy) is 1. The van der Waals surface area contributed by atoms with Crippen LogP contribution in [-0.2, 0) is 0 Å². The molecule has 2 nitrogen and oxygen atoms in total. The average molecular weight is 310 g/mol. The van der Waals surface area contributed by atoms with Crippen LogP contribution >= 0.6 is 23.2 Å². The summed E-state index contributed by atoms with van der Waals surface area (Å²) in [5.74, 6) is 1.35. The Morgan fingerprint density at radius 2 is 1.85 bits per heavy atom. The first-order valence-electron chi connectivity index (χ1n) is 6.57. The molecule has 2 aromatic carbocycles. The summed E-state index contributed by atoms with van der Waals surface area (Å²) in [5.41, 5.74) is 1.09. The van der Waals surface area contributed by atoms with Crippen LogP contribution in [0.1, 0.15) is 25.5 Å². The second-order valence-electron chi connectivity index (χ2n) is 4.49. The van der Waals surface area contributed by atoms with Gasteiger partial charge < -0.3 is 10.1 Å². The van der Waals surface area contributed by atoms with Crippen molar-refractivity contribution in [3.8, 4) is 11.5 Å². The fourth-order valence-electron chi connectivity index (χ4n) is 2.02.